The molecule has 0 unspecified atom stereocenters. The van der Waals surface area contributed by atoms with Crippen LogP contribution in [0.4, 0.5) is 0 Å². The molecule has 15 heavy (non-hydrogen) atoms. The van der Waals surface area contributed by atoms with Crippen LogP contribution in [0.1, 0.15) is 12.1 Å². The summed E-state index contributed by atoms with van der Waals surface area (Å²) in [5.74, 6) is -0.740. The molecule has 1 aromatic heterocycles. The van der Waals surface area contributed by atoms with E-state index in [-0.39, 0.29) is 30.4 Å². The summed E-state index contributed by atoms with van der Waals surface area (Å²) in [5.41, 5.74) is 1.01. The molecule has 0 saturated carbocycles. The van der Waals surface area contributed by atoms with E-state index in [1.807, 2.05) is 29.2 Å². The van der Waals surface area contributed by atoms with Crippen molar-refractivity contribution >= 4 is 5.97 Å². The van der Waals surface area contributed by atoms with Crippen molar-refractivity contribution in [3.63, 3.8) is 0 Å². The standard InChI is InChI=1S/C9H15N3O2.HI/c1-8-3-6-12(11-8)7-5-10-4-2-9(13)14;/h3,6,10H,2,4-5,7H2,1H3,(H,13,14);1H. The summed E-state index contributed by atoms with van der Waals surface area (Å²) in [6.45, 7) is 4.28. The Morgan fingerprint density at radius 2 is 2.33 bits per heavy atom. The summed E-state index contributed by atoms with van der Waals surface area (Å²) >= 11 is 0. The Morgan fingerprint density at radius 1 is 1.60 bits per heavy atom. The molecule has 5 nitrogen and oxygen atoms in total. The normalized spacial score (nSPS) is 9.67. The molecule has 0 radical (unpaired) electrons. The van der Waals surface area contributed by atoms with Gasteiger partial charge in [0.25, 0.3) is 0 Å². The maximum absolute atomic E-state index is 10.2. The van der Waals surface area contributed by atoms with Crippen molar-refractivity contribution in [1.82, 2.24) is 9.78 Å². The topological polar surface area (TPSA) is 71.7 Å². The molecule has 1 heterocycles. The van der Waals surface area contributed by atoms with Crippen molar-refractivity contribution in [2.45, 2.75) is 19.9 Å². The Morgan fingerprint density at radius 3 is 2.87 bits per heavy atom. The molecule has 0 aromatic carbocycles. The summed E-state index contributed by atoms with van der Waals surface area (Å²) in [4.78, 5) is 10.2. The second-order valence-electron chi connectivity index (χ2n) is 3.23. The highest BCUT2D eigenvalue weighted by molar-refractivity contribution is 5.66. The molecule has 6 heteroatoms. The van der Waals surface area contributed by atoms with Gasteiger partial charge in [-0.25, -0.2) is 0 Å². The number of aliphatic carboxylic acids is 1. The molecule has 0 aliphatic heterocycles. The van der Waals surface area contributed by atoms with E-state index in [9.17, 15) is 4.79 Å². The lowest BCUT2D eigenvalue weighted by molar-refractivity contribution is -0.654. The number of aryl methyl sites for hydroxylation is 1. The van der Waals surface area contributed by atoms with Crippen LogP contribution in [-0.4, -0.2) is 33.9 Å². The average Bonchev–Trinajstić information content (AvgIpc) is 2.50. The highest BCUT2D eigenvalue weighted by Gasteiger charge is 1.99. The van der Waals surface area contributed by atoms with Gasteiger partial charge in [0, 0.05) is 6.20 Å². The number of hydrogen-bond donors (Lipinski definition) is 2. The van der Waals surface area contributed by atoms with Gasteiger partial charge in [0.15, 0.2) is 0 Å². The number of carboxylic acids is 1. The van der Waals surface area contributed by atoms with Crippen LogP contribution in [0.3, 0.4) is 0 Å². The number of carbonyl (C=O) groups is 1. The molecule has 1 rings (SSSR count). The van der Waals surface area contributed by atoms with Crippen LogP contribution in [0, 0.1) is 6.92 Å². The summed E-state index contributed by atoms with van der Waals surface area (Å²) in [6.07, 6.45) is 2.15. The molecule has 0 bridgehead atoms. The van der Waals surface area contributed by atoms with Crippen LogP contribution in [0.15, 0.2) is 12.3 Å². The van der Waals surface area contributed by atoms with E-state index >= 15 is 0 Å². The van der Waals surface area contributed by atoms with E-state index in [1.165, 1.54) is 0 Å². The van der Waals surface area contributed by atoms with E-state index < -0.39 is 5.97 Å². The zero-order valence-electron chi connectivity index (χ0n) is 8.69. The molecule has 3 N–H and O–H groups in total. The number of nitrogens with two attached hydrogens (primary N) is 1. The van der Waals surface area contributed by atoms with Crippen molar-refractivity contribution in [1.29, 1.82) is 0 Å². The molecule has 0 amide bonds. The molecular weight excluding hydrogens is 309 g/mol. The first-order valence-electron chi connectivity index (χ1n) is 4.72. The van der Waals surface area contributed by atoms with Crippen molar-refractivity contribution in [3.05, 3.63) is 18.0 Å². The van der Waals surface area contributed by atoms with E-state index in [4.69, 9.17) is 5.11 Å². The molecule has 0 atom stereocenters. The minimum absolute atomic E-state index is 0. The van der Waals surface area contributed by atoms with Gasteiger partial charge in [-0.2, -0.15) is 5.10 Å². The Hall–Kier alpha value is -0.630. The fourth-order valence-electron chi connectivity index (χ4n) is 1.18. The number of carboxylic acid groups (broad SMARTS) is 1. The third-order valence-corrected chi connectivity index (χ3v) is 1.90. The lowest BCUT2D eigenvalue weighted by Gasteiger charge is -2.00. The Balaban J connectivity index is 0.00000196. The highest BCUT2D eigenvalue weighted by atomic mass is 127. The van der Waals surface area contributed by atoms with Gasteiger partial charge in [-0.1, -0.05) is 0 Å². The second kappa shape index (κ2) is 7.63. The first kappa shape index (κ1) is 14.4. The molecular formula is C9H16IN3O2. The number of rotatable bonds is 6. The fraction of sp³-hybridized carbons (Fsp3) is 0.556. The average molecular weight is 325 g/mol. The van der Waals surface area contributed by atoms with E-state index in [1.54, 1.807) is 0 Å². The monoisotopic (exact) mass is 325 g/mol. The van der Waals surface area contributed by atoms with Gasteiger partial charge < -0.3 is 34.4 Å². The van der Waals surface area contributed by atoms with Crippen LogP contribution >= 0.6 is 0 Å². The van der Waals surface area contributed by atoms with Crippen molar-refractivity contribution < 1.29 is 39.2 Å². The van der Waals surface area contributed by atoms with Crippen molar-refractivity contribution in [3.8, 4) is 0 Å². The van der Waals surface area contributed by atoms with Gasteiger partial charge in [0.2, 0.25) is 0 Å². The predicted molar refractivity (Wildman–Crippen MR) is 50.9 cm³/mol. The zero-order chi connectivity index (χ0) is 10.4. The maximum Gasteiger partial charge on any atom is 0.309 e. The van der Waals surface area contributed by atoms with Crippen LogP contribution < -0.4 is 29.3 Å². The number of nitrogens with zero attached hydrogens (tertiary/aromatic N) is 2. The second-order valence-corrected chi connectivity index (χ2v) is 3.23. The van der Waals surface area contributed by atoms with Gasteiger partial charge in [0.1, 0.15) is 0 Å². The predicted octanol–water partition coefficient (Wildman–Crippen LogP) is -3.77. The summed E-state index contributed by atoms with van der Waals surface area (Å²) in [7, 11) is 0. The van der Waals surface area contributed by atoms with Gasteiger partial charge in [0.05, 0.1) is 31.7 Å². The SMILES string of the molecule is Cc1ccn(CC[NH2+]CCC(=O)O)n1.[I-]. The van der Waals surface area contributed by atoms with Crippen LogP contribution in [0.25, 0.3) is 0 Å². The van der Waals surface area contributed by atoms with Gasteiger partial charge >= 0.3 is 5.97 Å². The minimum Gasteiger partial charge on any atom is -1.00 e. The van der Waals surface area contributed by atoms with Crippen LogP contribution in [-0.2, 0) is 11.3 Å². The minimum atomic E-state index is -0.740. The maximum atomic E-state index is 10.2. The lowest BCUT2D eigenvalue weighted by atomic mass is 10.4. The van der Waals surface area contributed by atoms with E-state index in [2.05, 4.69) is 5.10 Å². The first-order chi connectivity index (χ1) is 6.68. The first-order valence-corrected chi connectivity index (χ1v) is 4.72. The van der Waals surface area contributed by atoms with Crippen molar-refractivity contribution in [2.75, 3.05) is 13.1 Å². The van der Waals surface area contributed by atoms with Crippen molar-refractivity contribution in [2.24, 2.45) is 0 Å². The van der Waals surface area contributed by atoms with Crippen LogP contribution in [0.2, 0.25) is 0 Å². The molecule has 86 valence electrons. The van der Waals surface area contributed by atoms with E-state index in [0.29, 0.717) is 6.54 Å². The fourth-order valence-corrected chi connectivity index (χ4v) is 1.18. The molecule has 0 saturated heterocycles. The molecule has 0 fully saturated rings. The number of quaternary nitrogens is 1. The molecule has 1 aromatic rings. The highest BCUT2D eigenvalue weighted by Crippen LogP contribution is 1.90. The quantitative estimate of drug-likeness (QED) is 0.417. The zero-order valence-corrected chi connectivity index (χ0v) is 10.8. The Labute approximate surface area is 106 Å². The largest absolute Gasteiger partial charge is 1.00 e. The van der Waals surface area contributed by atoms with Gasteiger partial charge in [-0.15, -0.1) is 0 Å². The van der Waals surface area contributed by atoms with Gasteiger partial charge in [-0.05, 0) is 13.0 Å². The number of aromatic nitrogens is 2. The molecule has 0 spiro atoms. The lowest BCUT2D eigenvalue weighted by Crippen LogP contribution is -3.00. The van der Waals surface area contributed by atoms with Gasteiger partial charge in [-0.3, -0.25) is 9.48 Å². The Kier molecular flexibility index (Phi) is 7.31. The molecule has 0 aliphatic rings. The summed E-state index contributed by atoms with van der Waals surface area (Å²) < 4.78 is 1.87. The smallest absolute Gasteiger partial charge is 0.309 e. The van der Waals surface area contributed by atoms with Crippen LogP contribution in [0.5, 0.6) is 0 Å². The molecule has 0 aliphatic carbocycles. The summed E-state index contributed by atoms with van der Waals surface area (Å²) in [5, 5.41) is 14.6. The Bertz CT molecular complexity index is 301. The number of halogens is 1. The third kappa shape index (κ3) is 6.45. The van der Waals surface area contributed by atoms with E-state index in [0.717, 1.165) is 18.8 Å². The summed E-state index contributed by atoms with van der Waals surface area (Å²) in [6, 6.07) is 1.96. The number of hydrogen-bond acceptors (Lipinski definition) is 2. The third-order valence-electron chi connectivity index (χ3n) is 1.90.